The minimum absolute atomic E-state index is 0.269. The first-order chi connectivity index (χ1) is 16.5. The Morgan fingerprint density at radius 3 is 2.59 bits per heavy atom. The highest BCUT2D eigenvalue weighted by atomic mass is 35.5. The van der Waals surface area contributed by atoms with Gasteiger partial charge in [0.1, 0.15) is 5.52 Å². The first kappa shape index (κ1) is 21.0. The molecule has 0 unspecified atom stereocenters. The van der Waals surface area contributed by atoms with Crippen molar-refractivity contribution in [3.05, 3.63) is 91.9 Å². The third-order valence-corrected chi connectivity index (χ3v) is 6.47. The van der Waals surface area contributed by atoms with E-state index >= 15 is 0 Å². The molecule has 0 spiro atoms. The maximum absolute atomic E-state index is 11.6. The van der Waals surface area contributed by atoms with Gasteiger partial charge < -0.3 is 9.97 Å². The van der Waals surface area contributed by atoms with Crippen molar-refractivity contribution in [2.24, 2.45) is 0 Å². The van der Waals surface area contributed by atoms with Gasteiger partial charge in [0.2, 0.25) is 0 Å². The second kappa shape index (κ2) is 8.02. The van der Waals surface area contributed by atoms with Gasteiger partial charge in [-0.1, -0.05) is 46.1 Å². The summed E-state index contributed by atoms with van der Waals surface area (Å²) in [6.07, 6.45) is 1.73. The third-order valence-electron chi connectivity index (χ3n) is 5.60. The molecule has 6 rings (SSSR count). The molecular weight excluding hydrogens is 497 g/mol. The molecule has 0 saturated heterocycles. The van der Waals surface area contributed by atoms with Crippen LogP contribution in [-0.4, -0.2) is 34.7 Å². The molecule has 0 amide bonds. The smallest absolute Gasteiger partial charge is 0.306 e. The highest BCUT2D eigenvalue weighted by molar-refractivity contribution is 6.35. The minimum atomic E-state index is -0.269. The maximum atomic E-state index is 11.6. The summed E-state index contributed by atoms with van der Waals surface area (Å²) in [4.78, 5) is 17.1. The van der Waals surface area contributed by atoms with Crippen LogP contribution in [0.4, 0.5) is 0 Å². The number of rotatable bonds is 4. The van der Waals surface area contributed by atoms with E-state index < -0.39 is 0 Å². The van der Waals surface area contributed by atoms with E-state index in [9.17, 15) is 4.79 Å². The molecular formula is C23H14Cl3N7O. The van der Waals surface area contributed by atoms with Crippen molar-refractivity contribution in [3.8, 4) is 16.9 Å². The zero-order chi connectivity index (χ0) is 23.4. The lowest BCUT2D eigenvalue weighted by molar-refractivity contribution is 0.694. The minimum Gasteiger partial charge on any atom is -0.306 e. The lowest BCUT2D eigenvalue weighted by Crippen LogP contribution is -2.04. The van der Waals surface area contributed by atoms with Crippen molar-refractivity contribution < 1.29 is 0 Å². The molecule has 2 N–H and O–H groups in total. The molecule has 3 heterocycles. The predicted octanol–water partition coefficient (Wildman–Crippen LogP) is 5.46. The van der Waals surface area contributed by atoms with Crippen LogP contribution in [0.25, 0.3) is 39.0 Å². The molecule has 3 aromatic heterocycles. The van der Waals surface area contributed by atoms with E-state index in [2.05, 4.69) is 25.4 Å². The molecule has 0 aliphatic rings. The van der Waals surface area contributed by atoms with Gasteiger partial charge in [0.25, 0.3) is 0 Å². The van der Waals surface area contributed by atoms with Crippen LogP contribution in [0, 0.1) is 0 Å². The lowest BCUT2D eigenvalue weighted by Gasteiger charge is -2.11. The first-order valence-electron chi connectivity index (χ1n) is 10.2. The van der Waals surface area contributed by atoms with Crippen molar-refractivity contribution in [1.82, 2.24) is 34.7 Å². The molecule has 34 heavy (non-hydrogen) atoms. The molecule has 168 valence electrons. The van der Waals surface area contributed by atoms with Gasteiger partial charge in [-0.3, -0.25) is 4.68 Å². The number of hydrogen-bond acceptors (Lipinski definition) is 4. The normalized spacial score (nSPS) is 11.6. The van der Waals surface area contributed by atoms with Gasteiger partial charge in [-0.05, 0) is 54.1 Å². The lowest BCUT2D eigenvalue weighted by atomic mass is 10.1. The molecule has 0 atom stereocenters. The number of aromatic nitrogens is 7. The highest BCUT2D eigenvalue weighted by Gasteiger charge is 2.16. The van der Waals surface area contributed by atoms with Gasteiger partial charge in [0, 0.05) is 21.8 Å². The third kappa shape index (κ3) is 3.56. The van der Waals surface area contributed by atoms with Crippen molar-refractivity contribution in [3.63, 3.8) is 0 Å². The highest BCUT2D eigenvalue weighted by Crippen LogP contribution is 2.32. The molecule has 0 aliphatic heterocycles. The van der Waals surface area contributed by atoms with Gasteiger partial charge in [-0.25, -0.2) is 9.48 Å². The van der Waals surface area contributed by atoms with Crippen LogP contribution >= 0.6 is 34.8 Å². The van der Waals surface area contributed by atoms with Crippen molar-refractivity contribution in [1.29, 1.82) is 0 Å². The summed E-state index contributed by atoms with van der Waals surface area (Å²) in [7, 11) is 0. The largest absolute Gasteiger partial charge is 0.323 e. The van der Waals surface area contributed by atoms with Crippen LogP contribution < -0.4 is 5.69 Å². The number of benzene rings is 3. The molecule has 0 radical (unpaired) electrons. The Bertz CT molecular complexity index is 1760. The Morgan fingerprint density at radius 1 is 0.882 bits per heavy atom. The zero-order valence-corrected chi connectivity index (χ0v) is 19.5. The van der Waals surface area contributed by atoms with Gasteiger partial charge >= 0.3 is 5.69 Å². The van der Waals surface area contributed by atoms with Crippen LogP contribution in [0.2, 0.25) is 15.1 Å². The average Bonchev–Trinajstić information content (AvgIpc) is 3.52. The summed E-state index contributed by atoms with van der Waals surface area (Å²) in [5, 5.41) is 14.6. The topological polar surface area (TPSA) is 97.2 Å². The van der Waals surface area contributed by atoms with Crippen LogP contribution in [-0.2, 0) is 6.54 Å². The van der Waals surface area contributed by atoms with Crippen LogP contribution in [0.3, 0.4) is 0 Å². The van der Waals surface area contributed by atoms with Gasteiger partial charge in [0.05, 0.1) is 39.5 Å². The summed E-state index contributed by atoms with van der Waals surface area (Å²) in [5.74, 6) is 0. The Hall–Kier alpha value is -3.59. The molecule has 8 nitrogen and oxygen atoms in total. The average molecular weight is 511 g/mol. The molecule has 0 saturated carbocycles. The molecule has 0 fully saturated rings. The fraction of sp³-hybridized carbons (Fsp3) is 0.0435. The SMILES string of the molecule is O=c1[nH]c2ccc(-n3nnc4c(Cl)cc(-c5ccnn5Cc5ccc(Cl)cc5Cl)cc43)cc2[nH]1. The van der Waals surface area contributed by atoms with Crippen LogP contribution in [0.15, 0.2) is 65.6 Å². The molecule has 0 bridgehead atoms. The van der Waals surface area contributed by atoms with Crippen molar-refractivity contribution in [2.75, 3.05) is 0 Å². The number of halogens is 3. The quantitative estimate of drug-likeness (QED) is 0.329. The van der Waals surface area contributed by atoms with E-state index in [4.69, 9.17) is 34.8 Å². The monoisotopic (exact) mass is 509 g/mol. The summed E-state index contributed by atoms with van der Waals surface area (Å²) < 4.78 is 3.53. The predicted molar refractivity (Wildman–Crippen MR) is 133 cm³/mol. The Labute approximate surface area is 206 Å². The number of hydrogen-bond donors (Lipinski definition) is 2. The van der Waals surface area contributed by atoms with Gasteiger partial charge in [0.15, 0.2) is 0 Å². The van der Waals surface area contributed by atoms with E-state index in [-0.39, 0.29) is 5.69 Å². The molecule has 3 aromatic carbocycles. The Balaban J connectivity index is 1.45. The summed E-state index contributed by atoms with van der Waals surface area (Å²) >= 11 is 19.0. The van der Waals surface area contributed by atoms with Crippen molar-refractivity contribution >= 4 is 56.9 Å². The van der Waals surface area contributed by atoms with Gasteiger partial charge in [-0.15, -0.1) is 5.10 Å². The van der Waals surface area contributed by atoms with E-state index in [1.54, 1.807) is 23.0 Å². The molecule has 11 heteroatoms. The molecule has 6 aromatic rings. The number of nitrogens with one attached hydrogen (secondary N) is 2. The Morgan fingerprint density at radius 2 is 1.74 bits per heavy atom. The van der Waals surface area contributed by atoms with E-state index in [1.807, 2.05) is 47.1 Å². The zero-order valence-electron chi connectivity index (χ0n) is 17.3. The molecule has 0 aliphatic carbocycles. The first-order valence-corrected chi connectivity index (χ1v) is 11.3. The van der Waals surface area contributed by atoms with Gasteiger partial charge in [-0.2, -0.15) is 5.10 Å². The number of nitrogens with zero attached hydrogens (tertiary/aromatic N) is 5. The number of aromatic amines is 2. The number of imidazole rings is 1. The summed E-state index contributed by atoms with van der Waals surface area (Å²) in [5.41, 5.74) is 5.73. The van der Waals surface area contributed by atoms with Crippen LogP contribution in [0.1, 0.15) is 5.56 Å². The second-order valence-corrected chi connectivity index (χ2v) is 9.00. The fourth-order valence-electron chi connectivity index (χ4n) is 3.99. The Kier molecular flexibility index (Phi) is 4.95. The number of fused-ring (bicyclic) bond motifs is 2. The second-order valence-electron chi connectivity index (χ2n) is 7.75. The standard InChI is InChI=1S/C23H14Cl3N7O/c24-14-2-1-12(16(25)9-14)11-32-20(5-6-27-32)13-7-17(26)22-21(8-13)33(31-30-22)15-3-4-18-19(10-15)29-23(34)28-18/h1-10H,11H2,(H2,28,29,34). The van der Waals surface area contributed by atoms with E-state index in [0.717, 1.165) is 28.0 Å². The van der Waals surface area contributed by atoms with Crippen molar-refractivity contribution in [2.45, 2.75) is 6.54 Å². The van der Waals surface area contributed by atoms with E-state index in [0.29, 0.717) is 38.2 Å². The summed E-state index contributed by atoms with van der Waals surface area (Å²) in [6, 6.07) is 16.6. The fourth-order valence-corrected chi connectivity index (χ4v) is 4.71. The van der Waals surface area contributed by atoms with Crippen LogP contribution in [0.5, 0.6) is 0 Å². The maximum Gasteiger partial charge on any atom is 0.323 e. The van der Waals surface area contributed by atoms with E-state index in [1.165, 1.54) is 0 Å². The summed E-state index contributed by atoms with van der Waals surface area (Å²) in [6.45, 7) is 0.461. The number of H-pyrrole nitrogens is 2.